The lowest BCUT2D eigenvalue weighted by Crippen LogP contribution is -2.64. The van der Waals surface area contributed by atoms with Gasteiger partial charge in [0.2, 0.25) is 6.29 Å². The van der Waals surface area contributed by atoms with E-state index in [4.69, 9.17) is 23.7 Å². The van der Waals surface area contributed by atoms with E-state index in [0.29, 0.717) is 5.56 Å². The van der Waals surface area contributed by atoms with Crippen LogP contribution in [-0.2, 0) is 20.6 Å². The van der Waals surface area contributed by atoms with Crippen molar-refractivity contribution in [2.24, 2.45) is 0 Å². The van der Waals surface area contributed by atoms with E-state index in [-0.39, 0.29) is 30.1 Å². The zero-order chi connectivity index (χ0) is 31.6. The fourth-order valence-electron chi connectivity index (χ4n) is 4.93. The van der Waals surface area contributed by atoms with Crippen molar-refractivity contribution in [1.29, 1.82) is 0 Å². The van der Waals surface area contributed by atoms with Crippen molar-refractivity contribution >= 4 is 5.78 Å². The van der Waals surface area contributed by atoms with Crippen molar-refractivity contribution < 1.29 is 74.4 Å². The van der Waals surface area contributed by atoms with Crippen LogP contribution in [0.2, 0.25) is 0 Å². The number of methoxy groups -OCH3 is 1. The SMILES string of the molecule is COc1ccc(CCC(=O)c2c(O)cc(O[C@H]3O[C@@H](CO)[C@@H](O)[C@@H](O)[C@H]3O[C@@H]3O[C@@H](C)[C@H](O)[C@H](O)[C@@H]3O)cc2O)cc1O. The number of hydrogen-bond donors (Lipinski definition) is 9. The molecule has 0 unspecified atom stereocenters. The molecule has 2 aliphatic heterocycles. The monoisotopic (exact) mass is 612 g/mol. The minimum absolute atomic E-state index is 0.110. The Kier molecular flexibility index (Phi) is 10.3. The Morgan fingerprint density at radius 1 is 0.837 bits per heavy atom. The minimum atomic E-state index is -1.79. The van der Waals surface area contributed by atoms with Gasteiger partial charge >= 0.3 is 0 Å². The molecule has 10 atom stereocenters. The van der Waals surface area contributed by atoms with Gasteiger partial charge in [0.25, 0.3) is 0 Å². The number of Topliss-reactive ketones (excluding diaryl/α,β-unsaturated/α-hetero) is 1. The largest absolute Gasteiger partial charge is 0.507 e. The van der Waals surface area contributed by atoms with Crippen LogP contribution < -0.4 is 9.47 Å². The van der Waals surface area contributed by atoms with Crippen molar-refractivity contribution in [3.05, 3.63) is 41.5 Å². The maximum absolute atomic E-state index is 12.9. The second-order valence-electron chi connectivity index (χ2n) is 10.4. The molecular weight excluding hydrogens is 576 g/mol. The summed E-state index contributed by atoms with van der Waals surface area (Å²) in [5, 5.41) is 92.3. The van der Waals surface area contributed by atoms with Crippen molar-refractivity contribution in [1.82, 2.24) is 0 Å². The lowest BCUT2D eigenvalue weighted by atomic mass is 9.97. The summed E-state index contributed by atoms with van der Waals surface area (Å²) >= 11 is 0. The van der Waals surface area contributed by atoms with Crippen molar-refractivity contribution in [2.45, 2.75) is 81.2 Å². The summed E-state index contributed by atoms with van der Waals surface area (Å²) in [6, 6.07) is 6.59. The lowest BCUT2D eigenvalue weighted by Gasteiger charge is -2.45. The first kappa shape index (κ1) is 32.7. The summed E-state index contributed by atoms with van der Waals surface area (Å²) in [5.41, 5.74) is 0.208. The standard InChI is InChI=1S/C28H36O15/c1-11-21(34)23(36)25(38)27(40-11)43-26-24(37)22(35)19(10-29)42-28(26)41-13-8-16(32)20(17(33)9-13)14(30)5-3-12-4-6-18(39-2)15(31)7-12/h4,6-9,11,19,21-29,31-38H,3,5,10H2,1-2H3/t11-,19-,21-,22+,23-,24+,25-,26+,27-,28-/m0/s1. The molecule has 4 rings (SSSR count). The molecule has 0 aliphatic carbocycles. The molecule has 2 saturated heterocycles. The molecule has 0 spiro atoms. The van der Waals surface area contributed by atoms with Crippen molar-refractivity contribution in [3.8, 4) is 28.7 Å². The molecule has 2 heterocycles. The van der Waals surface area contributed by atoms with Gasteiger partial charge in [0.05, 0.1) is 19.8 Å². The van der Waals surface area contributed by atoms with E-state index in [1.165, 1.54) is 26.2 Å². The number of aromatic hydroxyl groups is 3. The number of phenols is 3. The molecule has 0 radical (unpaired) electrons. The summed E-state index contributed by atoms with van der Waals surface area (Å²) in [6.07, 6.45) is -15.5. The number of carbonyl (C=O) groups excluding carboxylic acids is 1. The second-order valence-corrected chi connectivity index (χ2v) is 10.4. The van der Waals surface area contributed by atoms with Gasteiger partial charge in [-0.1, -0.05) is 6.07 Å². The van der Waals surface area contributed by atoms with E-state index in [0.717, 1.165) is 12.1 Å². The first-order valence-corrected chi connectivity index (χ1v) is 13.5. The average molecular weight is 613 g/mol. The van der Waals surface area contributed by atoms with Crippen LogP contribution in [0.1, 0.15) is 29.3 Å². The maximum atomic E-state index is 12.9. The number of ketones is 1. The van der Waals surface area contributed by atoms with Crippen molar-refractivity contribution in [3.63, 3.8) is 0 Å². The van der Waals surface area contributed by atoms with Crippen LogP contribution in [0, 0.1) is 0 Å². The van der Waals surface area contributed by atoms with Crippen LogP contribution in [-0.4, -0.2) is 127 Å². The van der Waals surface area contributed by atoms with E-state index in [9.17, 15) is 50.8 Å². The number of phenolic OH excluding ortho intramolecular Hbond substituents is 3. The Morgan fingerprint density at radius 2 is 1.51 bits per heavy atom. The smallest absolute Gasteiger partial charge is 0.229 e. The molecule has 0 saturated carbocycles. The predicted molar refractivity (Wildman–Crippen MR) is 143 cm³/mol. The fourth-order valence-corrected chi connectivity index (χ4v) is 4.93. The summed E-state index contributed by atoms with van der Waals surface area (Å²) in [5.74, 6) is -2.04. The third kappa shape index (κ3) is 6.95. The van der Waals surface area contributed by atoms with Crippen LogP contribution in [0.15, 0.2) is 30.3 Å². The molecule has 238 valence electrons. The van der Waals surface area contributed by atoms with Gasteiger partial charge in [0.15, 0.2) is 29.7 Å². The Balaban J connectivity index is 1.51. The molecule has 2 aromatic rings. The topological polar surface area (TPSA) is 245 Å². The summed E-state index contributed by atoms with van der Waals surface area (Å²) in [6.45, 7) is 0.662. The van der Waals surface area contributed by atoms with E-state index >= 15 is 0 Å². The molecule has 15 nitrogen and oxygen atoms in total. The lowest BCUT2D eigenvalue weighted by molar-refractivity contribution is -0.354. The molecule has 2 fully saturated rings. The highest BCUT2D eigenvalue weighted by Gasteiger charge is 2.51. The van der Waals surface area contributed by atoms with Crippen LogP contribution in [0.3, 0.4) is 0 Å². The van der Waals surface area contributed by atoms with Crippen LogP contribution in [0.4, 0.5) is 0 Å². The molecule has 2 aliphatic rings. The Labute approximate surface area is 245 Å². The first-order chi connectivity index (χ1) is 20.4. The molecule has 15 heteroatoms. The predicted octanol–water partition coefficient (Wildman–Crippen LogP) is -1.34. The second kappa shape index (κ2) is 13.6. The molecule has 43 heavy (non-hydrogen) atoms. The van der Waals surface area contributed by atoms with Gasteiger partial charge in [-0.15, -0.1) is 0 Å². The van der Waals surface area contributed by atoms with E-state index < -0.39 is 90.9 Å². The number of ether oxygens (including phenoxy) is 5. The highest BCUT2D eigenvalue weighted by atomic mass is 16.8. The van der Waals surface area contributed by atoms with Gasteiger partial charge in [-0.2, -0.15) is 0 Å². The number of aliphatic hydroxyl groups is 6. The van der Waals surface area contributed by atoms with Gasteiger partial charge < -0.3 is 69.6 Å². The first-order valence-electron chi connectivity index (χ1n) is 13.5. The van der Waals surface area contributed by atoms with Crippen molar-refractivity contribution in [2.75, 3.05) is 13.7 Å². The Bertz CT molecular complexity index is 1250. The Hall–Kier alpha value is -3.25. The Morgan fingerprint density at radius 3 is 2.12 bits per heavy atom. The third-order valence-corrected chi connectivity index (χ3v) is 7.41. The maximum Gasteiger partial charge on any atom is 0.229 e. The normalized spacial score (nSPS) is 32.7. The van der Waals surface area contributed by atoms with Gasteiger partial charge in [0.1, 0.15) is 59.4 Å². The molecule has 0 aromatic heterocycles. The van der Waals surface area contributed by atoms with Gasteiger partial charge in [0, 0.05) is 18.6 Å². The molecule has 9 N–H and O–H groups in total. The van der Waals surface area contributed by atoms with E-state index in [1.807, 2.05) is 0 Å². The minimum Gasteiger partial charge on any atom is -0.507 e. The average Bonchev–Trinajstić information content (AvgIpc) is 2.96. The van der Waals surface area contributed by atoms with Gasteiger partial charge in [-0.25, -0.2) is 0 Å². The molecular formula is C28H36O15. The third-order valence-electron chi connectivity index (χ3n) is 7.41. The number of aliphatic hydroxyl groups excluding tert-OH is 6. The summed E-state index contributed by atoms with van der Waals surface area (Å²) in [4.78, 5) is 12.9. The molecule has 0 amide bonds. The van der Waals surface area contributed by atoms with Crippen LogP contribution >= 0.6 is 0 Å². The number of carbonyl (C=O) groups is 1. The molecule has 0 bridgehead atoms. The van der Waals surface area contributed by atoms with Crippen LogP contribution in [0.25, 0.3) is 0 Å². The quantitative estimate of drug-likeness (QED) is 0.141. The van der Waals surface area contributed by atoms with E-state index in [1.54, 1.807) is 6.07 Å². The number of benzene rings is 2. The summed E-state index contributed by atoms with van der Waals surface area (Å²) < 4.78 is 27.2. The van der Waals surface area contributed by atoms with Crippen LogP contribution in [0.5, 0.6) is 28.7 Å². The summed E-state index contributed by atoms with van der Waals surface area (Å²) in [7, 11) is 1.40. The van der Waals surface area contributed by atoms with Gasteiger partial charge in [-0.3, -0.25) is 4.79 Å². The highest BCUT2D eigenvalue weighted by Crippen LogP contribution is 2.37. The zero-order valence-corrected chi connectivity index (χ0v) is 23.3. The number of hydrogen-bond acceptors (Lipinski definition) is 15. The molecule has 2 aromatic carbocycles. The van der Waals surface area contributed by atoms with E-state index in [2.05, 4.69) is 0 Å². The number of rotatable bonds is 10. The zero-order valence-electron chi connectivity index (χ0n) is 23.3. The fraction of sp³-hybridized carbons (Fsp3) is 0.536. The van der Waals surface area contributed by atoms with Gasteiger partial charge in [-0.05, 0) is 31.0 Å². The number of aryl methyl sites for hydroxylation is 1. The highest BCUT2D eigenvalue weighted by molar-refractivity contribution is 6.01.